The largest absolute Gasteiger partial charge is 0.396 e. The van der Waals surface area contributed by atoms with Gasteiger partial charge in [-0.2, -0.15) is 16.5 Å². The number of aliphatic hydroxyl groups is 2. The Morgan fingerprint density at radius 1 is 0.782 bits per heavy atom. The van der Waals surface area contributed by atoms with Gasteiger partial charge in [-0.15, -0.1) is 0 Å². The Morgan fingerprint density at radius 3 is 2.16 bits per heavy atom. The van der Waals surface area contributed by atoms with Gasteiger partial charge in [-0.25, -0.2) is 8.42 Å². The van der Waals surface area contributed by atoms with Gasteiger partial charge in [0, 0.05) is 29.5 Å². The lowest BCUT2D eigenvalue weighted by Gasteiger charge is -2.41. The van der Waals surface area contributed by atoms with Crippen molar-refractivity contribution in [1.29, 1.82) is 0 Å². The number of nitrogens with one attached hydrogen (secondary N) is 2. The van der Waals surface area contributed by atoms with Gasteiger partial charge in [-0.05, 0) is 64.9 Å². The number of thioether (sulfide) groups is 1. The second-order valence-corrected chi connectivity index (χ2v) is 16.7. The smallest absolute Gasteiger partial charge is 0.241 e. The van der Waals surface area contributed by atoms with Gasteiger partial charge in [0.15, 0.2) is 6.29 Å². The standard InChI is InChI=1S/C44H48N2O7S2/c1-30-11-21-39(22-12-30)55(50,51)46-40(26-32-7-4-3-5-8-32)43(49)45-27-34-9-6-10-38(25-34)35-17-19-37(20-18-35)44-52-41(29-54-24-23-47)31(2)42(53-44)36-15-13-33(28-48)14-16-36/h3-22,25,31,40-42,44,46-48H,23-24,26-29H2,1-2H3,(H,45,49)/t31-,40-,41+,42+,44+/m1/s1. The molecule has 5 aromatic carbocycles. The summed E-state index contributed by atoms with van der Waals surface area (Å²) in [7, 11) is -3.96. The van der Waals surface area contributed by atoms with Crippen LogP contribution in [0.4, 0.5) is 0 Å². The van der Waals surface area contributed by atoms with Crippen LogP contribution in [0.15, 0.2) is 132 Å². The van der Waals surface area contributed by atoms with Gasteiger partial charge in [-0.3, -0.25) is 4.79 Å². The van der Waals surface area contributed by atoms with E-state index in [-0.39, 0.29) is 49.2 Å². The van der Waals surface area contributed by atoms with E-state index in [2.05, 4.69) is 17.0 Å². The van der Waals surface area contributed by atoms with Crippen molar-refractivity contribution in [2.45, 2.75) is 62.9 Å². The molecule has 1 fully saturated rings. The zero-order chi connectivity index (χ0) is 38.8. The van der Waals surface area contributed by atoms with E-state index in [1.807, 2.05) is 110 Å². The van der Waals surface area contributed by atoms with E-state index in [9.17, 15) is 23.4 Å². The normalized spacial score (nSPS) is 19.1. The Bertz CT molecular complexity index is 2100. The molecule has 1 aliphatic heterocycles. The van der Waals surface area contributed by atoms with Crippen LogP contribution < -0.4 is 10.0 Å². The summed E-state index contributed by atoms with van der Waals surface area (Å²) in [6.45, 7) is 4.30. The Labute approximate surface area is 328 Å². The maximum absolute atomic E-state index is 13.6. The number of amides is 1. The lowest BCUT2D eigenvalue weighted by Crippen LogP contribution is -2.47. The fraction of sp³-hybridized carbons (Fsp3) is 0.295. The Hall–Kier alpha value is -4.33. The van der Waals surface area contributed by atoms with Crippen LogP contribution in [0.25, 0.3) is 11.1 Å². The van der Waals surface area contributed by atoms with Crippen molar-refractivity contribution < 1.29 is 32.9 Å². The number of hydrogen-bond acceptors (Lipinski definition) is 8. The maximum Gasteiger partial charge on any atom is 0.241 e. The molecule has 0 bridgehead atoms. The molecule has 0 radical (unpaired) electrons. The van der Waals surface area contributed by atoms with Crippen LogP contribution >= 0.6 is 11.8 Å². The molecule has 55 heavy (non-hydrogen) atoms. The van der Waals surface area contributed by atoms with Gasteiger partial charge in [0.05, 0.1) is 30.3 Å². The molecule has 1 aliphatic rings. The van der Waals surface area contributed by atoms with E-state index in [1.54, 1.807) is 23.9 Å². The van der Waals surface area contributed by atoms with Crippen LogP contribution in [0.3, 0.4) is 0 Å². The second-order valence-electron chi connectivity index (χ2n) is 13.8. The van der Waals surface area contributed by atoms with Gasteiger partial charge in [0.1, 0.15) is 6.04 Å². The molecule has 9 nitrogen and oxygen atoms in total. The summed E-state index contributed by atoms with van der Waals surface area (Å²) >= 11 is 1.65. The first-order valence-electron chi connectivity index (χ1n) is 18.4. The molecule has 11 heteroatoms. The molecule has 5 aromatic rings. The fourth-order valence-corrected chi connectivity index (χ4v) is 8.70. The van der Waals surface area contributed by atoms with Crippen molar-refractivity contribution in [2.24, 2.45) is 5.92 Å². The number of aliphatic hydroxyl groups excluding tert-OH is 2. The number of carbonyl (C=O) groups excluding carboxylic acids is 1. The van der Waals surface area contributed by atoms with Crippen LogP contribution in [-0.4, -0.2) is 54.8 Å². The van der Waals surface area contributed by atoms with Crippen LogP contribution in [0.2, 0.25) is 0 Å². The van der Waals surface area contributed by atoms with Crippen LogP contribution in [-0.2, 0) is 43.9 Å². The third-order valence-electron chi connectivity index (χ3n) is 9.78. The number of hydrogen-bond donors (Lipinski definition) is 4. The lowest BCUT2D eigenvalue weighted by atomic mass is 9.91. The first-order chi connectivity index (χ1) is 26.6. The minimum absolute atomic E-state index is 0.0223. The van der Waals surface area contributed by atoms with Gasteiger partial charge < -0.3 is 25.0 Å². The highest BCUT2D eigenvalue weighted by Gasteiger charge is 2.38. The summed E-state index contributed by atoms with van der Waals surface area (Å²) in [6.07, 6.45) is -0.727. The minimum Gasteiger partial charge on any atom is -0.396 e. The Kier molecular flexibility index (Phi) is 13.9. The summed E-state index contributed by atoms with van der Waals surface area (Å²) in [6, 6.07) is 38.6. The Morgan fingerprint density at radius 2 is 1.47 bits per heavy atom. The highest BCUT2D eigenvalue weighted by Crippen LogP contribution is 2.42. The molecule has 4 N–H and O–H groups in total. The van der Waals surface area contributed by atoms with Crippen LogP contribution in [0.1, 0.15) is 52.7 Å². The van der Waals surface area contributed by atoms with Crippen LogP contribution in [0.5, 0.6) is 0 Å². The molecule has 1 saturated heterocycles. The van der Waals surface area contributed by atoms with Gasteiger partial charge in [0.2, 0.25) is 15.9 Å². The van der Waals surface area contributed by atoms with Gasteiger partial charge in [0.25, 0.3) is 0 Å². The average Bonchev–Trinajstić information content (AvgIpc) is 3.21. The SMILES string of the molecule is Cc1ccc(S(=O)(=O)N[C@H](Cc2ccccc2)C(=O)NCc2cccc(-c3ccc([C@H]4O[C@@H](CSCCO)[C@@H](C)[C@@H](c5ccc(CO)cc5)O4)cc3)c2)cc1. The number of aryl methyl sites for hydroxylation is 1. The Balaban J connectivity index is 1.14. The molecule has 0 unspecified atom stereocenters. The topological polar surface area (TPSA) is 134 Å². The molecular formula is C44H48N2O7S2. The van der Waals surface area contributed by atoms with Crippen molar-refractivity contribution >= 4 is 27.7 Å². The highest BCUT2D eigenvalue weighted by molar-refractivity contribution is 7.99. The van der Waals surface area contributed by atoms with Crippen molar-refractivity contribution in [3.8, 4) is 11.1 Å². The van der Waals surface area contributed by atoms with E-state index >= 15 is 0 Å². The van der Waals surface area contributed by atoms with Crippen molar-refractivity contribution in [3.63, 3.8) is 0 Å². The van der Waals surface area contributed by atoms with Crippen molar-refractivity contribution in [3.05, 3.63) is 161 Å². The highest BCUT2D eigenvalue weighted by atomic mass is 32.2. The van der Waals surface area contributed by atoms with Crippen LogP contribution in [0, 0.1) is 12.8 Å². The molecule has 5 atom stereocenters. The van der Waals surface area contributed by atoms with Crippen molar-refractivity contribution in [2.75, 3.05) is 18.1 Å². The maximum atomic E-state index is 13.6. The van der Waals surface area contributed by atoms with E-state index in [1.165, 1.54) is 12.1 Å². The zero-order valence-corrected chi connectivity index (χ0v) is 32.6. The summed E-state index contributed by atoms with van der Waals surface area (Å²) in [4.78, 5) is 13.7. The molecule has 0 aliphatic carbocycles. The molecule has 1 heterocycles. The van der Waals surface area contributed by atoms with E-state index in [4.69, 9.17) is 9.47 Å². The van der Waals surface area contributed by atoms with Crippen molar-refractivity contribution in [1.82, 2.24) is 10.0 Å². The third-order valence-corrected chi connectivity index (χ3v) is 12.3. The summed E-state index contributed by atoms with van der Waals surface area (Å²) in [5.41, 5.74) is 7.30. The number of rotatable bonds is 16. The number of carbonyl (C=O) groups is 1. The van der Waals surface area contributed by atoms with E-state index in [0.717, 1.165) is 50.3 Å². The second kappa shape index (κ2) is 19.0. The third kappa shape index (κ3) is 10.7. The summed E-state index contributed by atoms with van der Waals surface area (Å²) < 4.78 is 42.4. The molecule has 0 spiro atoms. The minimum atomic E-state index is -3.96. The molecule has 0 aromatic heterocycles. The first-order valence-corrected chi connectivity index (χ1v) is 21.1. The molecular weight excluding hydrogens is 733 g/mol. The summed E-state index contributed by atoms with van der Waals surface area (Å²) in [5, 5.41) is 21.9. The fourth-order valence-electron chi connectivity index (χ4n) is 6.59. The number of sulfonamides is 1. The predicted octanol–water partition coefficient (Wildman–Crippen LogP) is 6.88. The monoisotopic (exact) mass is 780 g/mol. The zero-order valence-electron chi connectivity index (χ0n) is 31.0. The number of ether oxygens (including phenoxy) is 2. The van der Waals surface area contributed by atoms with E-state index < -0.39 is 28.3 Å². The first kappa shape index (κ1) is 40.3. The quantitative estimate of drug-likeness (QED) is 0.0798. The summed E-state index contributed by atoms with van der Waals surface area (Å²) in [5.74, 6) is 0.991. The average molecular weight is 781 g/mol. The van der Waals surface area contributed by atoms with Gasteiger partial charge in [-0.1, -0.05) is 122 Å². The molecule has 0 saturated carbocycles. The molecule has 288 valence electrons. The van der Waals surface area contributed by atoms with Gasteiger partial charge >= 0.3 is 0 Å². The molecule has 6 rings (SSSR count). The number of benzene rings is 5. The predicted molar refractivity (Wildman–Crippen MR) is 217 cm³/mol. The molecule has 1 amide bonds. The van der Waals surface area contributed by atoms with E-state index in [0.29, 0.717) is 5.75 Å². The lowest BCUT2D eigenvalue weighted by molar-refractivity contribution is -0.268.